The Kier molecular flexibility index (Phi) is 8.53. The zero-order valence-electron chi connectivity index (χ0n) is 22.8. The molecule has 1 aromatic carbocycles. The van der Waals surface area contributed by atoms with Crippen molar-refractivity contribution in [1.82, 2.24) is 40.3 Å². The molecule has 2 N–H and O–H groups in total. The number of carbonyl (C=O) groups is 2. The van der Waals surface area contributed by atoms with E-state index in [0.717, 1.165) is 24.4 Å². The largest absolute Gasteiger partial charge is 0.455 e. The first-order valence-electron chi connectivity index (χ1n) is 12.2. The Balaban J connectivity index is 1.81. The van der Waals surface area contributed by atoms with E-state index < -0.39 is 59.2 Å². The molecular weight excluding hydrogens is 699 g/mol. The minimum Gasteiger partial charge on any atom is -0.347 e. The van der Waals surface area contributed by atoms with E-state index in [1.807, 2.05) is 22.6 Å². The van der Waals surface area contributed by atoms with E-state index >= 15 is 0 Å². The number of anilines is 1. The third kappa shape index (κ3) is 7.46. The van der Waals surface area contributed by atoms with Crippen LogP contribution in [-0.4, -0.2) is 52.3 Å². The first-order chi connectivity index (χ1) is 19.8. The van der Waals surface area contributed by atoms with Crippen LogP contribution >= 0.6 is 22.6 Å². The number of nitrogens with zero attached hydrogens (tertiary/aromatic N) is 7. The van der Waals surface area contributed by atoms with Gasteiger partial charge >= 0.3 is 12.4 Å². The Morgan fingerprint density at radius 1 is 0.977 bits per heavy atom. The fourth-order valence-corrected chi connectivity index (χ4v) is 4.64. The Hall–Kier alpha value is -4.10. The van der Waals surface area contributed by atoms with Gasteiger partial charge < -0.3 is 10.6 Å². The summed E-state index contributed by atoms with van der Waals surface area (Å²) in [5, 5.41) is 18.9. The van der Waals surface area contributed by atoms with Crippen LogP contribution in [0.25, 0.3) is 5.82 Å². The highest BCUT2D eigenvalue weighted by Gasteiger charge is 2.38. The van der Waals surface area contributed by atoms with Gasteiger partial charge in [-0.05, 0) is 91.4 Å². The lowest BCUT2D eigenvalue weighted by molar-refractivity contribution is -0.145. The Morgan fingerprint density at radius 2 is 1.67 bits per heavy atom. The number of hydrogen-bond donors (Lipinski definition) is 2. The zero-order chi connectivity index (χ0) is 31.9. The van der Waals surface area contributed by atoms with E-state index in [4.69, 9.17) is 0 Å². The first kappa shape index (κ1) is 31.8. The number of pyridine rings is 1. The normalized spacial score (nSPS) is 12.3. The van der Waals surface area contributed by atoms with Crippen LogP contribution in [0.5, 0.6) is 0 Å². The van der Waals surface area contributed by atoms with Crippen molar-refractivity contribution in [3.05, 3.63) is 74.0 Å². The van der Waals surface area contributed by atoms with Crippen molar-refractivity contribution in [1.29, 1.82) is 0 Å². The summed E-state index contributed by atoms with van der Waals surface area (Å²) in [5.74, 6) is -3.79. The van der Waals surface area contributed by atoms with Crippen molar-refractivity contribution in [3.63, 3.8) is 0 Å². The van der Waals surface area contributed by atoms with Crippen LogP contribution in [0.15, 0.2) is 36.5 Å². The Morgan fingerprint density at radius 3 is 2.28 bits per heavy atom. The molecule has 0 spiro atoms. The molecule has 2 amide bonds. The highest BCUT2D eigenvalue weighted by atomic mass is 127. The first-order valence-corrected chi connectivity index (χ1v) is 13.3. The van der Waals surface area contributed by atoms with Crippen LogP contribution in [0, 0.1) is 10.5 Å². The highest BCUT2D eigenvalue weighted by Crippen LogP contribution is 2.33. The molecule has 228 valence electrons. The molecule has 0 unspecified atom stereocenters. The van der Waals surface area contributed by atoms with Gasteiger partial charge in [-0.1, -0.05) is 0 Å². The van der Waals surface area contributed by atoms with Gasteiger partial charge in [0.15, 0.2) is 5.82 Å². The van der Waals surface area contributed by atoms with Crippen LogP contribution in [0.2, 0.25) is 0 Å². The average Bonchev–Trinajstić information content (AvgIpc) is 3.51. The van der Waals surface area contributed by atoms with E-state index in [0.29, 0.717) is 18.6 Å². The summed E-state index contributed by atoms with van der Waals surface area (Å²) in [6.07, 6.45) is -8.73. The third-order valence-electron chi connectivity index (χ3n) is 5.57. The van der Waals surface area contributed by atoms with Crippen molar-refractivity contribution in [2.24, 2.45) is 0 Å². The van der Waals surface area contributed by atoms with Crippen molar-refractivity contribution in [2.75, 3.05) is 5.32 Å². The molecule has 3 heterocycles. The van der Waals surface area contributed by atoms with E-state index in [1.165, 1.54) is 6.07 Å². The van der Waals surface area contributed by atoms with Gasteiger partial charge in [0.05, 0.1) is 16.9 Å². The van der Waals surface area contributed by atoms with Crippen LogP contribution in [0.3, 0.4) is 0 Å². The number of aromatic nitrogens is 7. The molecule has 0 atom stereocenters. The number of hydrogen-bond acceptors (Lipinski definition) is 7. The van der Waals surface area contributed by atoms with E-state index in [2.05, 4.69) is 36.1 Å². The summed E-state index contributed by atoms with van der Waals surface area (Å²) in [4.78, 5) is 31.1. The molecule has 11 nitrogen and oxygen atoms in total. The molecule has 0 fully saturated rings. The molecule has 3 aromatic heterocycles. The van der Waals surface area contributed by atoms with Gasteiger partial charge in [-0.2, -0.15) is 36.2 Å². The number of benzene rings is 1. The zero-order valence-corrected chi connectivity index (χ0v) is 24.9. The molecule has 0 bridgehead atoms. The van der Waals surface area contributed by atoms with Crippen LogP contribution < -0.4 is 10.6 Å². The van der Waals surface area contributed by atoms with Gasteiger partial charge in [-0.25, -0.2) is 9.67 Å². The van der Waals surface area contributed by atoms with E-state index in [-0.39, 0.29) is 16.9 Å². The fraction of sp³-hybridized carbons (Fsp3) is 0.320. The molecule has 0 aliphatic heterocycles. The lowest BCUT2D eigenvalue weighted by Gasteiger charge is -2.22. The number of nitrogens with one attached hydrogen (secondary N) is 2. The molecule has 0 saturated heterocycles. The second-order valence-corrected chi connectivity index (χ2v) is 11.5. The lowest BCUT2D eigenvalue weighted by Crippen LogP contribution is -2.41. The summed E-state index contributed by atoms with van der Waals surface area (Å²) in [6, 6.07) is 6.05. The van der Waals surface area contributed by atoms with Crippen molar-refractivity contribution < 1.29 is 35.9 Å². The molecule has 0 radical (unpaired) electrons. The summed E-state index contributed by atoms with van der Waals surface area (Å²) in [7, 11) is 0. The standard InChI is InChI=1S/C25H22F6IN9O2/c1-12-8-13(32)9-15(20(42)35-23(2,3)4)18(12)34-21(43)17-10-14(11-40-38-22(36-39-40)25(29,30)31)37-41(17)19-16(24(26,27)28)6-5-7-33-19/h5-10H,11H2,1-4H3,(H,34,43)(H,35,42). The molecule has 43 heavy (non-hydrogen) atoms. The number of tetrazole rings is 1. The van der Waals surface area contributed by atoms with Crippen molar-refractivity contribution >= 4 is 40.1 Å². The number of carbonyl (C=O) groups excluding carboxylic acids is 2. The maximum absolute atomic E-state index is 13.9. The van der Waals surface area contributed by atoms with Crippen LogP contribution in [0.4, 0.5) is 32.0 Å². The molecule has 0 aliphatic rings. The van der Waals surface area contributed by atoms with Crippen molar-refractivity contribution in [2.45, 2.75) is 52.1 Å². The van der Waals surface area contributed by atoms with Gasteiger partial charge in [0.1, 0.15) is 17.8 Å². The number of aryl methyl sites for hydroxylation is 1. The molecule has 0 saturated carbocycles. The van der Waals surface area contributed by atoms with Crippen LogP contribution in [-0.2, 0) is 18.9 Å². The lowest BCUT2D eigenvalue weighted by atomic mass is 10.0. The number of alkyl halides is 6. The minimum atomic E-state index is -4.90. The molecule has 0 aliphatic carbocycles. The second kappa shape index (κ2) is 11.5. The maximum Gasteiger partial charge on any atom is 0.455 e. The van der Waals surface area contributed by atoms with Gasteiger partial charge in [-0.3, -0.25) is 9.59 Å². The molecule has 18 heteroatoms. The monoisotopic (exact) mass is 721 g/mol. The molecule has 4 rings (SSSR count). The van der Waals surface area contributed by atoms with E-state index in [1.54, 1.807) is 33.8 Å². The SMILES string of the molecule is Cc1cc(I)cc(C(=O)NC(C)(C)C)c1NC(=O)c1cc(Cn2nnc(C(F)(F)F)n2)nn1-c1ncccc1C(F)(F)F. The Labute approximate surface area is 253 Å². The van der Waals surface area contributed by atoms with Gasteiger partial charge in [0.2, 0.25) is 0 Å². The summed E-state index contributed by atoms with van der Waals surface area (Å²) < 4.78 is 81.8. The summed E-state index contributed by atoms with van der Waals surface area (Å²) >= 11 is 2.00. The average molecular weight is 721 g/mol. The quantitative estimate of drug-likeness (QED) is 0.211. The second-order valence-electron chi connectivity index (χ2n) is 10.2. The predicted molar refractivity (Wildman–Crippen MR) is 147 cm³/mol. The predicted octanol–water partition coefficient (Wildman–Crippen LogP) is 5.03. The van der Waals surface area contributed by atoms with Gasteiger partial charge in [0.25, 0.3) is 17.6 Å². The Bertz CT molecular complexity index is 1690. The fourth-order valence-electron chi connectivity index (χ4n) is 3.86. The smallest absolute Gasteiger partial charge is 0.347 e. The summed E-state index contributed by atoms with van der Waals surface area (Å²) in [6.45, 7) is 6.33. The maximum atomic E-state index is 13.9. The van der Waals surface area contributed by atoms with Crippen LogP contribution in [0.1, 0.15) is 64.3 Å². The van der Waals surface area contributed by atoms with Crippen molar-refractivity contribution in [3.8, 4) is 5.82 Å². The number of rotatable bonds is 6. The highest BCUT2D eigenvalue weighted by molar-refractivity contribution is 14.1. The number of halogens is 7. The molecule has 4 aromatic rings. The van der Waals surface area contributed by atoms with Gasteiger partial charge in [0, 0.05) is 15.3 Å². The minimum absolute atomic E-state index is 0.0892. The molecular formula is C25H22F6IN9O2. The number of amides is 2. The third-order valence-corrected chi connectivity index (χ3v) is 6.19. The van der Waals surface area contributed by atoms with E-state index in [9.17, 15) is 35.9 Å². The van der Waals surface area contributed by atoms with Gasteiger partial charge in [-0.15, -0.1) is 10.2 Å². The summed E-state index contributed by atoms with van der Waals surface area (Å²) in [5.41, 5.74) is -1.84. The topological polar surface area (TPSA) is 133 Å².